The Morgan fingerprint density at radius 3 is 2.84 bits per heavy atom. The molecule has 1 aliphatic rings. The van der Waals surface area contributed by atoms with Crippen molar-refractivity contribution < 1.29 is 9.13 Å². The molecule has 0 radical (unpaired) electrons. The van der Waals surface area contributed by atoms with E-state index < -0.39 is 5.95 Å². The molecule has 4 heterocycles. The monoisotopic (exact) mass is 431 g/mol. The van der Waals surface area contributed by atoms with Gasteiger partial charge >= 0.3 is 0 Å². The topological polar surface area (TPSA) is 75.7 Å². The molecule has 0 bridgehead atoms. The van der Waals surface area contributed by atoms with E-state index in [1.165, 1.54) is 12.8 Å². The summed E-state index contributed by atoms with van der Waals surface area (Å²) in [6.45, 7) is 2.46. The number of H-pyrrole nitrogens is 1. The number of anilines is 1. The van der Waals surface area contributed by atoms with Crippen LogP contribution in [-0.4, -0.2) is 26.0 Å². The van der Waals surface area contributed by atoms with Gasteiger partial charge in [-0.25, -0.2) is 15.0 Å². The minimum absolute atomic E-state index is 0.238. The fourth-order valence-electron chi connectivity index (χ4n) is 4.30. The molecule has 32 heavy (non-hydrogen) atoms. The normalized spacial score (nSPS) is 14.2. The van der Waals surface area contributed by atoms with Crippen molar-refractivity contribution >= 4 is 16.9 Å². The predicted octanol–water partition coefficient (Wildman–Crippen LogP) is 5.32. The van der Waals surface area contributed by atoms with Gasteiger partial charge in [-0.15, -0.1) is 0 Å². The number of rotatable bonds is 7. The Bertz CT molecular complexity index is 1230. The van der Waals surface area contributed by atoms with Gasteiger partial charge in [0.2, 0.25) is 11.8 Å². The maximum absolute atomic E-state index is 14.9. The largest absolute Gasteiger partial charge is 0.474 e. The molecule has 1 aliphatic carbocycles. The number of aromatic amines is 1. The van der Waals surface area contributed by atoms with E-state index in [2.05, 4.69) is 25.3 Å². The zero-order chi connectivity index (χ0) is 21.9. The third kappa shape index (κ3) is 4.28. The molecular weight excluding hydrogens is 405 g/mol. The van der Waals surface area contributed by atoms with Gasteiger partial charge in [-0.05, 0) is 61.9 Å². The number of halogens is 1. The molecule has 0 aliphatic heterocycles. The van der Waals surface area contributed by atoms with E-state index in [1.807, 2.05) is 43.6 Å². The van der Waals surface area contributed by atoms with Crippen molar-refractivity contribution in [2.45, 2.75) is 51.7 Å². The fraction of sp³-hybridized carbons (Fsp3) is 0.320. The SMILES string of the molecule is Cc1cnc2[nH]ccc2c1Cc1ccc(NCc2cccnc2OC2CCCC2)nc1F. The summed E-state index contributed by atoms with van der Waals surface area (Å²) in [5.41, 5.74) is 4.39. The minimum atomic E-state index is -0.469. The Kier molecular flexibility index (Phi) is 5.71. The van der Waals surface area contributed by atoms with E-state index in [1.54, 1.807) is 12.3 Å². The molecule has 7 heteroatoms. The molecule has 2 N–H and O–H groups in total. The average molecular weight is 432 g/mol. The molecular formula is C25H26FN5O. The molecule has 4 aromatic heterocycles. The number of aromatic nitrogens is 4. The minimum Gasteiger partial charge on any atom is -0.474 e. The highest BCUT2D eigenvalue weighted by atomic mass is 19.1. The molecule has 0 unspecified atom stereocenters. The molecule has 0 atom stereocenters. The summed E-state index contributed by atoms with van der Waals surface area (Å²) >= 11 is 0. The van der Waals surface area contributed by atoms with Crippen molar-refractivity contribution in [3.63, 3.8) is 0 Å². The first-order valence-corrected chi connectivity index (χ1v) is 11.1. The molecule has 0 aromatic carbocycles. The van der Waals surface area contributed by atoms with Gasteiger partial charge in [-0.3, -0.25) is 0 Å². The molecule has 1 fully saturated rings. The van der Waals surface area contributed by atoms with E-state index >= 15 is 0 Å². The number of hydrogen-bond donors (Lipinski definition) is 2. The second-order valence-electron chi connectivity index (χ2n) is 8.33. The van der Waals surface area contributed by atoms with Crippen molar-refractivity contribution in [3.05, 3.63) is 77.1 Å². The van der Waals surface area contributed by atoms with Crippen LogP contribution in [0.5, 0.6) is 5.88 Å². The van der Waals surface area contributed by atoms with Crippen molar-refractivity contribution in [1.82, 2.24) is 19.9 Å². The van der Waals surface area contributed by atoms with Gasteiger partial charge in [0.1, 0.15) is 17.6 Å². The zero-order valence-electron chi connectivity index (χ0n) is 18.1. The third-order valence-corrected chi connectivity index (χ3v) is 6.10. The highest BCUT2D eigenvalue weighted by molar-refractivity contribution is 5.80. The second-order valence-corrected chi connectivity index (χ2v) is 8.33. The van der Waals surface area contributed by atoms with Crippen molar-refractivity contribution in [3.8, 4) is 5.88 Å². The quantitative estimate of drug-likeness (QED) is 0.387. The van der Waals surface area contributed by atoms with Crippen molar-refractivity contribution in [1.29, 1.82) is 0 Å². The van der Waals surface area contributed by atoms with Gasteiger partial charge in [0.05, 0.1) is 0 Å². The lowest BCUT2D eigenvalue weighted by Gasteiger charge is -2.16. The predicted molar refractivity (Wildman–Crippen MR) is 122 cm³/mol. The summed E-state index contributed by atoms with van der Waals surface area (Å²) in [6, 6.07) is 9.45. The number of nitrogens with zero attached hydrogens (tertiary/aromatic N) is 3. The lowest BCUT2D eigenvalue weighted by Crippen LogP contribution is -2.14. The lowest BCUT2D eigenvalue weighted by molar-refractivity contribution is 0.199. The number of hydrogen-bond acceptors (Lipinski definition) is 5. The lowest BCUT2D eigenvalue weighted by atomic mass is 10.0. The molecule has 0 saturated heterocycles. The highest BCUT2D eigenvalue weighted by Crippen LogP contribution is 2.26. The Labute approximate surface area is 186 Å². The first-order chi connectivity index (χ1) is 15.7. The summed E-state index contributed by atoms with van der Waals surface area (Å²) in [5.74, 6) is 0.663. The summed E-state index contributed by atoms with van der Waals surface area (Å²) in [5, 5.41) is 4.22. The van der Waals surface area contributed by atoms with Gasteiger partial charge in [-0.2, -0.15) is 4.39 Å². The molecule has 0 amide bonds. The Hall–Kier alpha value is -3.48. The second kappa shape index (κ2) is 8.94. The van der Waals surface area contributed by atoms with E-state index in [-0.39, 0.29) is 6.10 Å². The van der Waals surface area contributed by atoms with Gasteiger partial charge < -0.3 is 15.0 Å². The van der Waals surface area contributed by atoms with Crippen LogP contribution >= 0.6 is 0 Å². The van der Waals surface area contributed by atoms with Gasteiger partial charge in [-0.1, -0.05) is 12.1 Å². The summed E-state index contributed by atoms with van der Waals surface area (Å²) in [4.78, 5) is 16.0. The number of pyridine rings is 3. The Balaban J connectivity index is 1.29. The van der Waals surface area contributed by atoms with Crippen LogP contribution in [0.4, 0.5) is 10.2 Å². The van der Waals surface area contributed by atoms with E-state index in [0.717, 1.165) is 40.6 Å². The Morgan fingerprint density at radius 2 is 2.00 bits per heavy atom. The molecule has 4 aromatic rings. The van der Waals surface area contributed by atoms with E-state index in [0.29, 0.717) is 30.2 Å². The standard InChI is InChI=1S/C25H26FN5O/c1-16-14-30-24-20(10-12-27-24)21(16)13-17-8-9-22(31-23(17)26)29-15-18-5-4-11-28-25(18)32-19-6-2-3-7-19/h4-5,8-12,14,19H,2-3,6-7,13,15H2,1H3,(H,27,30)(H,29,31). The van der Waals surface area contributed by atoms with Crippen LogP contribution in [0.1, 0.15) is 47.9 Å². The molecule has 164 valence electrons. The number of ether oxygens (including phenoxy) is 1. The van der Waals surface area contributed by atoms with Crippen LogP contribution in [0.25, 0.3) is 11.0 Å². The molecule has 6 nitrogen and oxygen atoms in total. The highest BCUT2D eigenvalue weighted by Gasteiger charge is 2.18. The Morgan fingerprint density at radius 1 is 1.12 bits per heavy atom. The average Bonchev–Trinajstić information content (AvgIpc) is 3.48. The van der Waals surface area contributed by atoms with Crippen LogP contribution in [0.15, 0.2) is 48.9 Å². The number of aryl methyl sites for hydroxylation is 1. The van der Waals surface area contributed by atoms with Gasteiger partial charge in [0.15, 0.2) is 0 Å². The molecule has 1 saturated carbocycles. The smallest absolute Gasteiger partial charge is 0.218 e. The number of fused-ring (bicyclic) bond motifs is 1. The first-order valence-electron chi connectivity index (χ1n) is 11.1. The first kappa shape index (κ1) is 20.4. The third-order valence-electron chi connectivity index (χ3n) is 6.10. The summed E-state index contributed by atoms with van der Waals surface area (Å²) < 4.78 is 20.9. The van der Waals surface area contributed by atoms with Crippen molar-refractivity contribution in [2.75, 3.05) is 5.32 Å². The molecule has 5 rings (SSSR count). The van der Waals surface area contributed by atoms with Crippen LogP contribution < -0.4 is 10.1 Å². The van der Waals surface area contributed by atoms with Gasteiger partial charge in [0.25, 0.3) is 0 Å². The van der Waals surface area contributed by atoms with E-state index in [4.69, 9.17) is 4.74 Å². The maximum atomic E-state index is 14.9. The summed E-state index contributed by atoms with van der Waals surface area (Å²) in [6.07, 6.45) is 10.7. The van der Waals surface area contributed by atoms with Crippen molar-refractivity contribution in [2.24, 2.45) is 0 Å². The maximum Gasteiger partial charge on any atom is 0.218 e. The summed E-state index contributed by atoms with van der Waals surface area (Å²) in [7, 11) is 0. The van der Waals surface area contributed by atoms with E-state index in [9.17, 15) is 4.39 Å². The molecule has 0 spiro atoms. The van der Waals surface area contributed by atoms with Crippen LogP contribution in [0.2, 0.25) is 0 Å². The number of nitrogens with one attached hydrogen (secondary N) is 2. The van der Waals surface area contributed by atoms with Gasteiger partial charge in [0, 0.05) is 48.1 Å². The zero-order valence-corrected chi connectivity index (χ0v) is 18.1. The fourth-order valence-corrected chi connectivity index (χ4v) is 4.30. The van der Waals surface area contributed by atoms with Crippen LogP contribution in [0.3, 0.4) is 0 Å². The van der Waals surface area contributed by atoms with Crippen LogP contribution in [-0.2, 0) is 13.0 Å². The van der Waals surface area contributed by atoms with Crippen LogP contribution in [0, 0.1) is 12.9 Å².